The Labute approximate surface area is 187 Å². The summed E-state index contributed by atoms with van der Waals surface area (Å²) in [6.45, 7) is 2.32. The van der Waals surface area contributed by atoms with Gasteiger partial charge in [-0.15, -0.1) is 0 Å². The van der Waals surface area contributed by atoms with Crippen LogP contribution in [0, 0.1) is 0 Å². The summed E-state index contributed by atoms with van der Waals surface area (Å²) < 4.78 is 10.9. The molecule has 4 atom stereocenters. The van der Waals surface area contributed by atoms with Crippen LogP contribution in [0.4, 0.5) is 0 Å². The van der Waals surface area contributed by atoms with Crippen molar-refractivity contribution in [3.8, 4) is 0 Å². The number of nitrogens with zero attached hydrogens (tertiary/aromatic N) is 2. The molecule has 2 aromatic heterocycles. The largest absolute Gasteiger partial charge is 0.390 e. The molecule has 33 heavy (non-hydrogen) atoms. The molecule has 7 nitrogen and oxygen atoms in total. The molecule has 3 aliphatic rings. The minimum atomic E-state index is -1.18. The molecule has 1 amide bonds. The maximum absolute atomic E-state index is 13.2. The van der Waals surface area contributed by atoms with Crippen molar-refractivity contribution in [2.24, 2.45) is 0 Å². The van der Waals surface area contributed by atoms with Gasteiger partial charge in [0.25, 0.3) is 5.91 Å². The summed E-state index contributed by atoms with van der Waals surface area (Å²) in [5.41, 5.74) is 4.25. The summed E-state index contributed by atoms with van der Waals surface area (Å²) in [6, 6.07) is 16.1. The lowest BCUT2D eigenvalue weighted by Gasteiger charge is -2.45. The molecule has 5 heterocycles. The maximum Gasteiger partial charge on any atom is 0.252 e. The summed E-state index contributed by atoms with van der Waals surface area (Å²) in [5.74, 6) is -0.0638. The fourth-order valence-electron chi connectivity index (χ4n) is 6.67. The van der Waals surface area contributed by atoms with E-state index in [1.165, 1.54) is 0 Å². The van der Waals surface area contributed by atoms with E-state index in [9.17, 15) is 15.0 Å². The van der Waals surface area contributed by atoms with Gasteiger partial charge in [-0.3, -0.25) is 4.79 Å². The number of hydrogen-bond donors (Lipinski definition) is 3. The molecule has 0 radical (unpaired) electrons. The van der Waals surface area contributed by atoms with E-state index in [2.05, 4.69) is 20.5 Å². The Morgan fingerprint density at radius 3 is 2.48 bits per heavy atom. The third-order valence-corrected chi connectivity index (χ3v) is 7.98. The van der Waals surface area contributed by atoms with E-state index in [-0.39, 0.29) is 12.3 Å². The van der Waals surface area contributed by atoms with E-state index < -0.39 is 24.2 Å². The monoisotopic (exact) mass is 439 g/mol. The first-order valence-electron chi connectivity index (χ1n) is 11.3. The van der Waals surface area contributed by atoms with Gasteiger partial charge in [-0.2, -0.15) is 0 Å². The Hall–Kier alpha value is -3.39. The van der Waals surface area contributed by atoms with Gasteiger partial charge in [0, 0.05) is 34.5 Å². The van der Waals surface area contributed by atoms with E-state index in [1.54, 1.807) is 0 Å². The Kier molecular flexibility index (Phi) is 3.05. The van der Waals surface area contributed by atoms with Crippen molar-refractivity contribution >= 4 is 49.5 Å². The lowest BCUT2D eigenvalue weighted by molar-refractivity contribution is -0.272. The number of hydrogen-bond acceptors (Lipinski definition) is 4. The summed E-state index contributed by atoms with van der Waals surface area (Å²) in [5, 5.41) is 29.2. The number of fused-ring (bicyclic) bond motifs is 13. The summed E-state index contributed by atoms with van der Waals surface area (Å²) in [6.07, 6.45) is -2.28. The van der Waals surface area contributed by atoms with Gasteiger partial charge in [0.05, 0.1) is 33.7 Å². The van der Waals surface area contributed by atoms with Crippen LogP contribution in [0.3, 0.4) is 0 Å². The van der Waals surface area contributed by atoms with Gasteiger partial charge in [0.2, 0.25) is 0 Å². The fourth-order valence-corrected chi connectivity index (χ4v) is 6.67. The maximum atomic E-state index is 13.2. The second-order valence-corrected chi connectivity index (χ2v) is 9.60. The van der Waals surface area contributed by atoms with Gasteiger partial charge in [-0.1, -0.05) is 36.4 Å². The topological polar surface area (TPSA) is 88.7 Å². The molecule has 1 fully saturated rings. The molecule has 3 aliphatic heterocycles. The van der Waals surface area contributed by atoms with Gasteiger partial charge in [0.15, 0.2) is 5.72 Å². The number of aromatic nitrogens is 2. The quantitative estimate of drug-likeness (QED) is 0.345. The van der Waals surface area contributed by atoms with Crippen molar-refractivity contribution < 1.29 is 19.7 Å². The summed E-state index contributed by atoms with van der Waals surface area (Å²) >= 11 is 0. The molecule has 3 aromatic carbocycles. The van der Waals surface area contributed by atoms with Crippen LogP contribution in [0.15, 0.2) is 48.5 Å². The molecular formula is C26H21N3O4. The standard InChI is InChI=1S/C26H21N3O4/c1-26-24(31)17(30)10-18(33-26)28-15-8-4-2-6-12(15)20-21-14(11-27-25(21)32)19-13-7-3-5-9-16(13)29(26)23(19)22(20)28/h2-9,17-18,24,30-31H,10-11H2,1H3,(H,27,32). The zero-order chi connectivity index (χ0) is 22.2. The van der Waals surface area contributed by atoms with Crippen molar-refractivity contribution in [2.45, 2.75) is 44.1 Å². The zero-order valence-electron chi connectivity index (χ0n) is 17.9. The molecule has 0 spiro atoms. The van der Waals surface area contributed by atoms with E-state index in [1.807, 2.05) is 49.4 Å². The number of amides is 1. The molecule has 8 rings (SSSR count). The van der Waals surface area contributed by atoms with Crippen molar-refractivity contribution in [1.82, 2.24) is 14.5 Å². The van der Waals surface area contributed by atoms with Crippen LogP contribution < -0.4 is 5.32 Å². The fraction of sp³-hybridized carbons (Fsp3) is 0.269. The predicted molar refractivity (Wildman–Crippen MR) is 124 cm³/mol. The number of aliphatic hydroxyl groups is 2. The summed E-state index contributed by atoms with van der Waals surface area (Å²) in [7, 11) is 0. The van der Waals surface area contributed by atoms with Crippen LogP contribution >= 0.6 is 0 Å². The normalized spacial score (nSPS) is 28.2. The minimum absolute atomic E-state index is 0.0638. The third-order valence-electron chi connectivity index (χ3n) is 7.98. The van der Waals surface area contributed by atoms with Crippen molar-refractivity contribution in [2.75, 3.05) is 0 Å². The molecule has 0 saturated carbocycles. The van der Waals surface area contributed by atoms with Gasteiger partial charge in [-0.05, 0) is 24.6 Å². The van der Waals surface area contributed by atoms with Gasteiger partial charge in [-0.25, -0.2) is 0 Å². The Balaban J connectivity index is 1.77. The number of benzene rings is 3. The molecule has 0 aliphatic carbocycles. The second kappa shape index (κ2) is 5.56. The first-order chi connectivity index (χ1) is 16.0. The highest BCUT2D eigenvalue weighted by Crippen LogP contribution is 2.53. The van der Waals surface area contributed by atoms with Crippen LogP contribution in [-0.2, 0) is 17.0 Å². The van der Waals surface area contributed by atoms with Crippen LogP contribution in [0.5, 0.6) is 0 Å². The molecular weight excluding hydrogens is 418 g/mol. The molecule has 7 heteroatoms. The number of carbonyl (C=O) groups is 1. The Bertz CT molecular complexity index is 1710. The van der Waals surface area contributed by atoms with Crippen LogP contribution in [-0.4, -0.2) is 37.5 Å². The highest BCUT2D eigenvalue weighted by atomic mass is 16.6. The van der Waals surface area contributed by atoms with Crippen LogP contribution in [0.2, 0.25) is 0 Å². The zero-order valence-corrected chi connectivity index (χ0v) is 17.9. The van der Waals surface area contributed by atoms with Crippen molar-refractivity contribution in [3.05, 3.63) is 59.7 Å². The summed E-state index contributed by atoms with van der Waals surface area (Å²) in [4.78, 5) is 13.2. The SMILES string of the molecule is CC12OC(CC(O)C1O)n1c3ccccc3c3c4c(c5c6ccccc6n2c5c31)CNC4=O. The van der Waals surface area contributed by atoms with E-state index in [0.29, 0.717) is 6.54 Å². The third kappa shape index (κ3) is 1.85. The first kappa shape index (κ1) is 18.1. The minimum Gasteiger partial charge on any atom is -0.390 e. The number of ether oxygens (including phenoxy) is 1. The lowest BCUT2D eigenvalue weighted by atomic mass is 9.95. The average molecular weight is 439 g/mol. The van der Waals surface area contributed by atoms with Crippen LogP contribution in [0.25, 0.3) is 43.6 Å². The number of rotatable bonds is 0. The van der Waals surface area contributed by atoms with E-state index >= 15 is 0 Å². The smallest absolute Gasteiger partial charge is 0.252 e. The Morgan fingerprint density at radius 2 is 1.70 bits per heavy atom. The second-order valence-electron chi connectivity index (χ2n) is 9.60. The number of nitrogens with one attached hydrogen (secondary N) is 1. The molecule has 3 N–H and O–H groups in total. The van der Waals surface area contributed by atoms with Crippen LogP contribution in [0.1, 0.15) is 35.5 Å². The molecule has 164 valence electrons. The molecule has 1 saturated heterocycles. The Morgan fingerprint density at radius 1 is 1.00 bits per heavy atom. The highest BCUT2D eigenvalue weighted by Gasteiger charge is 2.52. The van der Waals surface area contributed by atoms with Gasteiger partial charge < -0.3 is 29.4 Å². The van der Waals surface area contributed by atoms with E-state index in [0.717, 1.165) is 54.7 Å². The molecule has 5 aromatic rings. The number of para-hydroxylation sites is 2. The van der Waals surface area contributed by atoms with Gasteiger partial charge in [0.1, 0.15) is 12.3 Å². The predicted octanol–water partition coefficient (Wildman–Crippen LogP) is 3.47. The number of aliphatic hydroxyl groups excluding tert-OH is 2. The van der Waals surface area contributed by atoms with E-state index in [4.69, 9.17) is 4.74 Å². The van der Waals surface area contributed by atoms with Crippen molar-refractivity contribution in [1.29, 1.82) is 0 Å². The average Bonchev–Trinajstić information content (AvgIpc) is 3.45. The van der Waals surface area contributed by atoms with Crippen molar-refractivity contribution in [3.63, 3.8) is 0 Å². The van der Waals surface area contributed by atoms with Gasteiger partial charge >= 0.3 is 0 Å². The lowest BCUT2D eigenvalue weighted by Crippen LogP contribution is -2.55. The number of carbonyl (C=O) groups excluding carboxylic acids is 1. The first-order valence-corrected chi connectivity index (χ1v) is 11.3. The molecule has 2 bridgehead atoms. The molecule has 4 unspecified atom stereocenters. The highest BCUT2D eigenvalue weighted by molar-refractivity contribution is 6.31.